The summed E-state index contributed by atoms with van der Waals surface area (Å²) >= 11 is 5.90. The van der Waals surface area contributed by atoms with Crippen LogP contribution < -0.4 is 4.72 Å². The molecule has 0 aliphatic rings. The van der Waals surface area contributed by atoms with Crippen LogP contribution in [0, 0.1) is 5.82 Å². The third-order valence-corrected chi connectivity index (χ3v) is 5.37. The van der Waals surface area contributed by atoms with Crippen LogP contribution in [0.2, 0.25) is 5.02 Å². The van der Waals surface area contributed by atoms with Gasteiger partial charge in [-0.3, -0.25) is 0 Å². The van der Waals surface area contributed by atoms with Crippen molar-refractivity contribution in [3.63, 3.8) is 0 Å². The van der Waals surface area contributed by atoms with E-state index in [0.717, 1.165) is 16.3 Å². The van der Waals surface area contributed by atoms with Gasteiger partial charge < -0.3 is 0 Å². The first-order chi connectivity index (χ1) is 11.5. The summed E-state index contributed by atoms with van der Waals surface area (Å²) in [6.07, 6.45) is 0. The Bertz CT molecular complexity index is 964. The van der Waals surface area contributed by atoms with Crippen molar-refractivity contribution in [2.45, 2.75) is 12.3 Å². The lowest BCUT2D eigenvalue weighted by Gasteiger charge is -2.10. The SMILES string of the molecule is O=S(=O)(Cc1c(F)cccc1Cl)NCc1cccc2ccccc12. The second kappa shape index (κ2) is 6.89. The number of halogens is 2. The molecule has 124 valence electrons. The van der Waals surface area contributed by atoms with Crippen molar-refractivity contribution in [3.8, 4) is 0 Å². The molecule has 24 heavy (non-hydrogen) atoms. The minimum Gasteiger partial charge on any atom is -0.212 e. The molecule has 3 aromatic carbocycles. The minimum absolute atomic E-state index is 0.0235. The fraction of sp³-hybridized carbons (Fsp3) is 0.111. The van der Waals surface area contributed by atoms with E-state index in [1.807, 2.05) is 42.5 Å². The van der Waals surface area contributed by atoms with Crippen LogP contribution in [0.1, 0.15) is 11.1 Å². The van der Waals surface area contributed by atoms with Gasteiger partial charge in [-0.2, -0.15) is 0 Å². The molecule has 1 N–H and O–H groups in total. The van der Waals surface area contributed by atoms with Crippen LogP contribution in [0.3, 0.4) is 0 Å². The van der Waals surface area contributed by atoms with Crippen LogP contribution >= 0.6 is 11.6 Å². The van der Waals surface area contributed by atoms with E-state index in [0.29, 0.717) is 0 Å². The number of hydrogen-bond donors (Lipinski definition) is 1. The summed E-state index contributed by atoms with van der Waals surface area (Å²) in [5.41, 5.74) is 0.834. The first-order valence-corrected chi connectivity index (χ1v) is 9.36. The van der Waals surface area contributed by atoms with Crippen LogP contribution in [0.4, 0.5) is 4.39 Å². The fourth-order valence-corrected chi connectivity index (χ4v) is 4.01. The molecule has 0 atom stereocenters. The van der Waals surface area contributed by atoms with Gasteiger partial charge in [0.1, 0.15) is 5.82 Å². The van der Waals surface area contributed by atoms with E-state index in [1.165, 1.54) is 18.2 Å². The van der Waals surface area contributed by atoms with Gasteiger partial charge in [-0.25, -0.2) is 17.5 Å². The van der Waals surface area contributed by atoms with Crippen LogP contribution in [0.5, 0.6) is 0 Å². The predicted octanol–water partition coefficient (Wildman–Crippen LogP) is 4.25. The molecule has 0 aliphatic carbocycles. The summed E-state index contributed by atoms with van der Waals surface area (Å²) in [6.45, 7) is 0.135. The Balaban J connectivity index is 1.80. The minimum atomic E-state index is -3.72. The number of rotatable bonds is 5. The molecule has 3 rings (SSSR count). The summed E-state index contributed by atoms with van der Waals surface area (Å²) in [4.78, 5) is 0. The van der Waals surface area contributed by atoms with Crippen LogP contribution in [0.25, 0.3) is 10.8 Å². The third kappa shape index (κ3) is 3.75. The lowest BCUT2D eigenvalue weighted by molar-refractivity contribution is 0.574. The van der Waals surface area contributed by atoms with Gasteiger partial charge in [-0.05, 0) is 28.5 Å². The largest absolute Gasteiger partial charge is 0.216 e. The van der Waals surface area contributed by atoms with E-state index in [-0.39, 0.29) is 17.1 Å². The maximum absolute atomic E-state index is 13.8. The predicted molar refractivity (Wildman–Crippen MR) is 94.8 cm³/mol. The normalized spacial score (nSPS) is 11.8. The Morgan fingerprint density at radius 1 is 0.958 bits per heavy atom. The molecular weight excluding hydrogens is 349 g/mol. The summed E-state index contributed by atoms with van der Waals surface area (Å²) in [6, 6.07) is 17.5. The van der Waals surface area contributed by atoms with Crippen molar-refractivity contribution in [2.24, 2.45) is 0 Å². The molecule has 0 bridgehead atoms. The Kier molecular flexibility index (Phi) is 4.85. The highest BCUT2D eigenvalue weighted by molar-refractivity contribution is 7.88. The van der Waals surface area contributed by atoms with Gasteiger partial charge in [0.2, 0.25) is 10.0 Å². The highest BCUT2D eigenvalue weighted by atomic mass is 35.5. The van der Waals surface area contributed by atoms with E-state index in [2.05, 4.69) is 4.72 Å². The monoisotopic (exact) mass is 363 g/mol. The van der Waals surface area contributed by atoms with E-state index in [9.17, 15) is 12.8 Å². The molecule has 0 fully saturated rings. The van der Waals surface area contributed by atoms with Gasteiger partial charge in [0.15, 0.2) is 0 Å². The molecule has 0 aliphatic heterocycles. The highest BCUT2D eigenvalue weighted by Gasteiger charge is 2.17. The Morgan fingerprint density at radius 2 is 1.67 bits per heavy atom. The second-order valence-corrected chi connectivity index (χ2v) is 7.63. The second-order valence-electron chi connectivity index (χ2n) is 5.42. The number of sulfonamides is 1. The molecular formula is C18H15ClFNO2S. The molecule has 0 saturated heterocycles. The smallest absolute Gasteiger partial charge is 0.212 e. The zero-order valence-electron chi connectivity index (χ0n) is 12.7. The van der Waals surface area contributed by atoms with Crippen molar-refractivity contribution in [2.75, 3.05) is 0 Å². The van der Waals surface area contributed by atoms with Crippen molar-refractivity contribution < 1.29 is 12.8 Å². The summed E-state index contributed by atoms with van der Waals surface area (Å²) in [5, 5.41) is 2.11. The topological polar surface area (TPSA) is 46.2 Å². The van der Waals surface area contributed by atoms with Gasteiger partial charge in [0.05, 0.1) is 5.75 Å². The molecule has 0 unspecified atom stereocenters. The molecule has 0 radical (unpaired) electrons. The fourth-order valence-electron chi connectivity index (χ4n) is 2.55. The summed E-state index contributed by atoms with van der Waals surface area (Å²) < 4.78 is 40.8. The van der Waals surface area contributed by atoms with Gasteiger partial charge >= 0.3 is 0 Å². The summed E-state index contributed by atoms with van der Waals surface area (Å²) in [5.74, 6) is -1.12. The third-order valence-electron chi connectivity index (χ3n) is 3.76. The number of nitrogens with one attached hydrogen (secondary N) is 1. The van der Waals surface area contributed by atoms with Crippen molar-refractivity contribution >= 4 is 32.4 Å². The van der Waals surface area contributed by atoms with E-state index < -0.39 is 21.6 Å². The lowest BCUT2D eigenvalue weighted by atomic mass is 10.1. The Labute approximate surface area is 145 Å². The number of fused-ring (bicyclic) bond motifs is 1. The Hall–Kier alpha value is -1.95. The number of benzene rings is 3. The van der Waals surface area contributed by atoms with E-state index in [4.69, 9.17) is 11.6 Å². The van der Waals surface area contributed by atoms with Crippen molar-refractivity contribution in [1.29, 1.82) is 0 Å². The molecule has 0 aromatic heterocycles. The quantitative estimate of drug-likeness (QED) is 0.736. The molecule has 0 saturated carbocycles. The first-order valence-electron chi connectivity index (χ1n) is 7.33. The van der Waals surface area contributed by atoms with Gasteiger partial charge in [-0.15, -0.1) is 0 Å². The molecule has 6 heteroatoms. The highest BCUT2D eigenvalue weighted by Crippen LogP contribution is 2.22. The van der Waals surface area contributed by atoms with Gasteiger partial charge in [0, 0.05) is 17.1 Å². The van der Waals surface area contributed by atoms with Crippen molar-refractivity contribution in [3.05, 3.63) is 82.6 Å². The van der Waals surface area contributed by atoms with Crippen molar-refractivity contribution in [1.82, 2.24) is 4.72 Å². The zero-order valence-corrected chi connectivity index (χ0v) is 14.2. The average Bonchev–Trinajstić information content (AvgIpc) is 2.56. The Morgan fingerprint density at radius 3 is 2.46 bits per heavy atom. The molecule has 0 spiro atoms. The maximum atomic E-state index is 13.8. The molecule has 0 heterocycles. The zero-order chi connectivity index (χ0) is 17.2. The van der Waals surface area contributed by atoms with Crippen LogP contribution in [-0.4, -0.2) is 8.42 Å². The lowest BCUT2D eigenvalue weighted by Crippen LogP contribution is -2.25. The van der Waals surface area contributed by atoms with Gasteiger partial charge in [0.25, 0.3) is 0 Å². The van der Waals surface area contributed by atoms with E-state index >= 15 is 0 Å². The summed E-state index contributed by atoms with van der Waals surface area (Å²) in [7, 11) is -3.72. The number of hydrogen-bond acceptors (Lipinski definition) is 2. The first kappa shape index (κ1) is 16.9. The average molecular weight is 364 g/mol. The van der Waals surface area contributed by atoms with Crippen LogP contribution in [0.15, 0.2) is 60.7 Å². The standard InChI is InChI=1S/C18H15ClFNO2S/c19-17-9-4-10-18(20)16(17)12-24(22,23)21-11-14-7-3-6-13-5-1-2-8-15(13)14/h1-10,21H,11-12H2. The molecule has 3 nitrogen and oxygen atoms in total. The van der Waals surface area contributed by atoms with E-state index in [1.54, 1.807) is 0 Å². The molecule has 3 aromatic rings. The maximum Gasteiger partial charge on any atom is 0.216 e. The van der Waals surface area contributed by atoms with Crippen LogP contribution in [-0.2, 0) is 22.3 Å². The molecule has 0 amide bonds. The van der Waals surface area contributed by atoms with Gasteiger partial charge in [-0.1, -0.05) is 60.1 Å².